The molecule has 0 spiro atoms. The Morgan fingerprint density at radius 2 is 1.91 bits per heavy atom. The van der Waals surface area contributed by atoms with Gasteiger partial charge in [-0.2, -0.15) is 24.9 Å². The number of thioether (sulfide) groups is 1. The summed E-state index contributed by atoms with van der Waals surface area (Å²) in [5, 5.41) is 3.73. The first-order chi connectivity index (χ1) is 11.0. The van der Waals surface area contributed by atoms with Crippen molar-refractivity contribution < 1.29 is 13.2 Å². The lowest BCUT2D eigenvalue weighted by molar-refractivity contribution is -0.137. The number of benzene rings is 1. The second kappa shape index (κ2) is 7.45. The van der Waals surface area contributed by atoms with Gasteiger partial charge in [0.1, 0.15) is 0 Å². The Balaban J connectivity index is 1.48. The van der Waals surface area contributed by atoms with Crippen LogP contribution in [0.15, 0.2) is 24.3 Å². The molecule has 0 aliphatic carbocycles. The van der Waals surface area contributed by atoms with Crippen molar-refractivity contribution >= 4 is 11.8 Å². The molecular formula is C17H23F3N2S. The van der Waals surface area contributed by atoms with Crippen LogP contribution in [-0.4, -0.2) is 41.6 Å². The summed E-state index contributed by atoms with van der Waals surface area (Å²) in [6, 6.07) is 6.93. The Kier molecular flexibility index (Phi) is 5.54. The lowest BCUT2D eigenvalue weighted by atomic mass is 10.0. The molecule has 2 saturated heterocycles. The minimum atomic E-state index is -4.26. The maximum absolute atomic E-state index is 12.8. The predicted molar refractivity (Wildman–Crippen MR) is 88.6 cm³/mol. The topological polar surface area (TPSA) is 15.3 Å². The zero-order valence-corrected chi connectivity index (χ0v) is 13.9. The average Bonchev–Trinajstić information content (AvgIpc) is 3.02. The van der Waals surface area contributed by atoms with Gasteiger partial charge in [-0.05, 0) is 49.7 Å². The van der Waals surface area contributed by atoms with E-state index in [1.807, 2.05) is 11.8 Å². The third kappa shape index (κ3) is 4.88. The van der Waals surface area contributed by atoms with Crippen molar-refractivity contribution in [3.63, 3.8) is 0 Å². The molecule has 2 aliphatic heterocycles. The first-order valence-corrected chi connectivity index (χ1v) is 9.38. The van der Waals surface area contributed by atoms with E-state index in [9.17, 15) is 13.2 Å². The van der Waals surface area contributed by atoms with Gasteiger partial charge in [-0.1, -0.05) is 18.2 Å². The molecule has 23 heavy (non-hydrogen) atoms. The fraction of sp³-hybridized carbons (Fsp3) is 0.647. The maximum atomic E-state index is 12.8. The summed E-state index contributed by atoms with van der Waals surface area (Å²) in [7, 11) is 0. The summed E-state index contributed by atoms with van der Waals surface area (Å²) >= 11 is 2.01. The number of nitrogens with one attached hydrogen (secondary N) is 1. The van der Waals surface area contributed by atoms with E-state index < -0.39 is 11.7 Å². The van der Waals surface area contributed by atoms with Crippen LogP contribution in [0.2, 0.25) is 0 Å². The molecule has 1 atom stereocenters. The molecule has 1 N–H and O–H groups in total. The minimum absolute atomic E-state index is 0.551. The lowest BCUT2D eigenvalue weighted by Gasteiger charge is -2.34. The minimum Gasteiger partial charge on any atom is -0.310 e. The lowest BCUT2D eigenvalue weighted by Crippen LogP contribution is -2.46. The number of nitrogens with zero attached hydrogens (tertiary/aromatic N) is 1. The standard InChI is InChI=1S/C17H23F3N2S/c18-17(19,20)14-3-1-2-13(10-14)11-22-7-4-15(5-8-22)21-16-6-9-23-12-16/h1-3,10,15-16,21H,4-9,11-12H2. The van der Waals surface area contributed by atoms with Gasteiger partial charge < -0.3 is 5.32 Å². The van der Waals surface area contributed by atoms with Crippen LogP contribution in [0.1, 0.15) is 30.4 Å². The van der Waals surface area contributed by atoms with Crippen molar-refractivity contribution in [2.45, 2.75) is 44.1 Å². The van der Waals surface area contributed by atoms with Crippen LogP contribution in [-0.2, 0) is 12.7 Å². The molecule has 0 aromatic heterocycles. The molecule has 0 saturated carbocycles. The van der Waals surface area contributed by atoms with Gasteiger partial charge in [0, 0.05) is 24.4 Å². The summed E-state index contributed by atoms with van der Waals surface area (Å²) in [4.78, 5) is 2.26. The van der Waals surface area contributed by atoms with E-state index in [4.69, 9.17) is 0 Å². The number of piperidine rings is 1. The molecule has 1 unspecified atom stereocenters. The highest BCUT2D eigenvalue weighted by Crippen LogP contribution is 2.30. The average molecular weight is 344 g/mol. The Morgan fingerprint density at radius 3 is 2.57 bits per heavy atom. The van der Waals surface area contributed by atoms with Crippen LogP contribution in [0.25, 0.3) is 0 Å². The van der Waals surface area contributed by atoms with Gasteiger partial charge >= 0.3 is 6.18 Å². The van der Waals surface area contributed by atoms with Crippen LogP contribution >= 0.6 is 11.8 Å². The largest absolute Gasteiger partial charge is 0.416 e. The third-order valence-corrected chi connectivity index (χ3v) is 5.81. The van der Waals surface area contributed by atoms with Crippen molar-refractivity contribution in [2.75, 3.05) is 24.6 Å². The quantitative estimate of drug-likeness (QED) is 0.895. The molecule has 2 nitrogen and oxygen atoms in total. The summed E-state index contributed by atoms with van der Waals surface area (Å²) in [6.45, 7) is 2.51. The molecule has 2 aliphatic rings. The molecule has 2 fully saturated rings. The monoisotopic (exact) mass is 344 g/mol. The molecule has 3 rings (SSSR count). The summed E-state index contributed by atoms with van der Waals surface area (Å²) in [6.07, 6.45) is -0.832. The summed E-state index contributed by atoms with van der Waals surface area (Å²) in [5.74, 6) is 2.47. The highest BCUT2D eigenvalue weighted by atomic mass is 32.2. The van der Waals surface area contributed by atoms with Gasteiger partial charge in [0.15, 0.2) is 0 Å². The molecule has 2 heterocycles. The molecule has 128 valence electrons. The summed E-state index contributed by atoms with van der Waals surface area (Å²) < 4.78 is 38.3. The fourth-order valence-corrected chi connectivity index (χ4v) is 4.53. The van der Waals surface area contributed by atoms with Gasteiger partial charge in [0.05, 0.1) is 5.56 Å². The van der Waals surface area contributed by atoms with E-state index in [1.54, 1.807) is 6.07 Å². The highest BCUT2D eigenvalue weighted by Gasteiger charge is 2.30. The number of rotatable bonds is 4. The molecule has 6 heteroatoms. The second-order valence-corrected chi connectivity index (χ2v) is 7.63. The smallest absolute Gasteiger partial charge is 0.310 e. The number of likely N-dealkylation sites (tertiary alicyclic amines) is 1. The molecule has 0 radical (unpaired) electrons. The van der Waals surface area contributed by atoms with Crippen molar-refractivity contribution in [3.8, 4) is 0 Å². The van der Waals surface area contributed by atoms with Crippen molar-refractivity contribution in [3.05, 3.63) is 35.4 Å². The molecule has 1 aromatic carbocycles. The first-order valence-electron chi connectivity index (χ1n) is 8.23. The van der Waals surface area contributed by atoms with Crippen LogP contribution < -0.4 is 5.32 Å². The Hall–Kier alpha value is -0.720. The van der Waals surface area contributed by atoms with Crippen LogP contribution in [0, 0.1) is 0 Å². The van der Waals surface area contributed by atoms with Gasteiger partial charge in [-0.25, -0.2) is 0 Å². The molecular weight excluding hydrogens is 321 g/mol. The van der Waals surface area contributed by atoms with Gasteiger partial charge in [0.25, 0.3) is 0 Å². The maximum Gasteiger partial charge on any atom is 0.416 e. The van der Waals surface area contributed by atoms with Crippen molar-refractivity contribution in [1.29, 1.82) is 0 Å². The van der Waals surface area contributed by atoms with Gasteiger partial charge in [-0.3, -0.25) is 4.90 Å². The molecule has 1 aromatic rings. The number of halogens is 3. The highest BCUT2D eigenvalue weighted by molar-refractivity contribution is 7.99. The van der Waals surface area contributed by atoms with E-state index in [2.05, 4.69) is 10.2 Å². The molecule has 0 bridgehead atoms. The van der Waals surface area contributed by atoms with Crippen LogP contribution in [0.4, 0.5) is 13.2 Å². The first kappa shape index (κ1) is 17.1. The van der Waals surface area contributed by atoms with Crippen molar-refractivity contribution in [2.24, 2.45) is 0 Å². The zero-order valence-electron chi connectivity index (χ0n) is 13.1. The Labute approximate surface area is 139 Å². The van der Waals surface area contributed by atoms with Gasteiger partial charge in [-0.15, -0.1) is 0 Å². The zero-order chi connectivity index (χ0) is 16.3. The number of hydrogen-bond donors (Lipinski definition) is 1. The van der Waals surface area contributed by atoms with E-state index in [-0.39, 0.29) is 0 Å². The SMILES string of the molecule is FC(F)(F)c1cccc(CN2CCC(NC3CCSC3)CC2)c1. The Morgan fingerprint density at radius 1 is 1.13 bits per heavy atom. The Bertz CT molecular complexity index is 507. The predicted octanol–water partition coefficient (Wildman–Crippen LogP) is 3.76. The van der Waals surface area contributed by atoms with Crippen LogP contribution in [0.5, 0.6) is 0 Å². The fourth-order valence-electron chi connectivity index (χ4n) is 3.36. The molecule has 0 amide bonds. The second-order valence-electron chi connectivity index (χ2n) is 6.48. The van der Waals surface area contributed by atoms with E-state index in [0.717, 1.165) is 37.6 Å². The van der Waals surface area contributed by atoms with E-state index >= 15 is 0 Å². The third-order valence-electron chi connectivity index (χ3n) is 4.65. The van der Waals surface area contributed by atoms with E-state index in [0.29, 0.717) is 18.6 Å². The number of alkyl halides is 3. The van der Waals surface area contributed by atoms with E-state index in [1.165, 1.54) is 30.1 Å². The normalized spacial score (nSPS) is 24.2. The number of hydrogen-bond acceptors (Lipinski definition) is 3. The van der Waals surface area contributed by atoms with Gasteiger partial charge in [0.2, 0.25) is 0 Å². The summed E-state index contributed by atoms with van der Waals surface area (Å²) in [5.41, 5.74) is 0.198. The van der Waals surface area contributed by atoms with Crippen LogP contribution in [0.3, 0.4) is 0 Å². The van der Waals surface area contributed by atoms with Crippen molar-refractivity contribution in [1.82, 2.24) is 10.2 Å².